The van der Waals surface area contributed by atoms with Gasteiger partial charge in [-0.15, -0.1) is 0 Å². The number of hydrogen-bond donors (Lipinski definition) is 2. The van der Waals surface area contributed by atoms with Crippen molar-refractivity contribution < 1.29 is 22.4 Å². The van der Waals surface area contributed by atoms with Crippen molar-refractivity contribution in [1.29, 1.82) is 0 Å². The van der Waals surface area contributed by atoms with Gasteiger partial charge in [0.25, 0.3) is 0 Å². The molecule has 0 saturated carbocycles. The predicted octanol–water partition coefficient (Wildman–Crippen LogP) is 2.66. The van der Waals surface area contributed by atoms with Crippen molar-refractivity contribution in [2.24, 2.45) is 0 Å². The van der Waals surface area contributed by atoms with Gasteiger partial charge in [0.1, 0.15) is 5.82 Å². The first-order valence-electron chi connectivity index (χ1n) is 10.0. The van der Waals surface area contributed by atoms with Crippen LogP contribution in [0.1, 0.15) is 29.5 Å². The number of hydrogen-bond acceptors (Lipinski definition) is 4. The van der Waals surface area contributed by atoms with Crippen molar-refractivity contribution in [3.8, 4) is 0 Å². The van der Waals surface area contributed by atoms with Crippen LogP contribution in [0.4, 0.5) is 10.1 Å². The lowest BCUT2D eigenvalue weighted by Crippen LogP contribution is -2.45. The number of carbonyl (C=O) groups is 2. The van der Waals surface area contributed by atoms with E-state index >= 15 is 0 Å². The smallest absolute Gasteiger partial charge is 0.313 e. The van der Waals surface area contributed by atoms with Gasteiger partial charge in [-0.1, -0.05) is 29.8 Å². The van der Waals surface area contributed by atoms with Crippen molar-refractivity contribution in [2.45, 2.75) is 44.6 Å². The molecule has 0 aliphatic carbocycles. The van der Waals surface area contributed by atoms with E-state index in [-0.39, 0.29) is 17.1 Å². The molecule has 1 heterocycles. The Morgan fingerprint density at radius 3 is 2.39 bits per heavy atom. The summed E-state index contributed by atoms with van der Waals surface area (Å²) in [5.74, 6) is -2.61. The third kappa shape index (κ3) is 4.94. The Morgan fingerprint density at radius 1 is 1.10 bits per heavy atom. The number of sulfonamides is 1. The molecule has 0 spiro atoms. The highest BCUT2D eigenvalue weighted by Gasteiger charge is 2.37. The standard InChI is InChI=1S/C22H26FN3O4S/c1-14-11-15(2)20(16(3)12-14)31(29,30)26-10-6-7-17(26)13-24-21(27)22(28)25-19-9-5-4-8-18(19)23/h4-5,8-9,11-12,17H,6-7,10,13H2,1-3H3,(H,24,27)(H,25,28). The van der Waals surface area contributed by atoms with E-state index in [2.05, 4.69) is 10.6 Å². The molecule has 2 N–H and O–H groups in total. The number of nitrogens with one attached hydrogen (secondary N) is 2. The molecule has 0 radical (unpaired) electrons. The number of carbonyl (C=O) groups excluding carboxylic acids is 2. The molecule has 7 nitrogen and oxygen atoms in total. The van der Waals surface area contributed by atoms with Crippen LogP contribution in [0.5, 0.6) is 0 Å². The van der Waals surface area contributed by atoms with Crippen LogP contribution in [-0.2, 0) is 19.6 Å². The lowest BCUT2D eigenvalue weighted by Gasteiger charge is -2.26. The summed E-state index contributed by atoms with van der Waals surface area (Å²) in [6.45, 7) is 5.79. The van der Waals surface area contributed by atoms with Crippen LogP contribution >= 0.6 is 0 Å². The van der Waals surface area contributed by atoms with Crippen LogP contribution in [0.2, 0.25) is 0 Å². The average Bonchev–Trinajstić information content (AvgIpc) is 3.16. The number of halogens is 1. The van der Waals surface area contributed by atoms with Gasteiger partial charge in [0.05, 0.1) is 10.6 Å². The molecule has 1 saturated heterocycles. The quantitative estimate of drug-likeness (QED) is 0.689. The fourth-order valence-electron chi connectivity index (χ4n) is 4.05. The summed E-state index contributed by atoms with van der Waals surface area (Å²) < 4.78 is 41.7. The Hall–Kier alpha value is -2.78. The molecule has 1 aliphatic rings. The molecule has 166 valence electrons. The van der Waals surface area contributed by atoms with Crippen LogP contribution in [0.3, 0.4) is 0 Å². The van der Waals surface area contributed by atoms with Crippen LogP contribution in [0.15, 0.2) is 41.3 Å². The SMILES string of the molecule is Cc1cc(C)c(S(=O)(=O)N2CCCC2CNC(=O)C(=O)Nc2ccccc2F)c(C)c1. The van der Waals surface area contributed by atoms with Gasteiger partial charge in [0, 0.05) is 19.1 Å². The second kappa shape index (κ2) is 9.15. The van der Waals surface area contributed by atoms with E-state index in [1.54, 1.807) is 13.8 Å². The molecule has 3 rings (SSSR count). The highest BCUT2D eigenvalue weighted by molar-refractivity contribution is 7.89. The Morgan fingerprint density at radius 2 is 1.74 bits per heavy atom. The normalized spacial score (nSPS) is 16.8. The van der Waals surface area contributed by atoms with Gasteiger partial charge in [-0.3, -0.25) is 9.59 Å². The van der Waals surface area contributed by atoms with Crippen molar-refractivity contribution in [3.05, 3.63) is 58.9 Å². The summed E-state index contributed by atoms with van der Waals surface area (Å²) in [6.07, 6.45) is 1.23. The summed E-state index contributed by atoms with van der Waals surface area (Å²) in [5.41, 5.74) is 2.24. The van der Waals surface area contributed by atoms with E-state index in [1.807, 2.05) is 19.1 Å². The van der Waals surface area contributed by atoms with E-state index in [0.717, 1.165) is 5.56 Å². The average molecular weight is 448 g/mol. The number of rotatable bonds is 5. The number of para-hydroxylation sites is 1. The van der Waals surface area contributed by atoms with E-state index in [0.29, 0.717) is 30.5 Å². The van der Waals surface area contributed by atoms with Crippen molar-refractivity contribution in [1.82, 2.24) is 9.62 Å². The molecule has 1 aliphatic heterocycles. The molecule has 1 unspecified atom stereocenters. The lowest BCUT2D eigenvalue weighted by molar-refractivity contribution is -0.136. The van der Waals surface area contributed by atoms with Crippen LogP contribution in [-0.4, -0.2) is 43.7 Å². The van der Waals surface area contributed by atoms with Gasteiger partial charge in [-0.25, -0.2) is 12.8 Å². The maximum Gasteiger partial charge on any atom is 0.313 e. The molecule has 9 heteroatoms. The molecule has 2 aromatic rings. The fourth-order valence-corrected chi connectivity index (χ4v) is 6.16. The molecule has 31 heavy (non-hydrogen) atoms. The van der Waals surface area contributed by atoms with E-state index < -0.39 is 33.7 Å². The van der Waals surface area contributed by atoms with Gasteiger partial charge in [0.15, 0.2) is 0 Å². The Balaban J connectivity index is 1.69. The van der Waals surface area contributed by atoms with Crippen LogP contribution in [0, 0.1) is 26.6 Å². The maximum atomic E-state index is 13.7. The first-order chi connectivity index (χ1) is 14.6. The van der Waals surface area contributed by atoms with Crippen LogP contribution < -0.4 is 10.6 Å². The topological polar surface area (TPSA) is 95.6 Å². The van der Waals surface area contributed by atoms with Gasteiger partial charge in [-0.2, -0.15) is 4.31 Å². The van der Waals surface area contributed by atoms with E-state index in [4.69, 9.17) is 0 Å². The summed E-state index contributed by atoms with van der Waals surface area (Å²) in [7, 11) is -3.76. The predicted molar refractivity (Wildman–Crippen MR) is 116 cm³/mol. The lowest BCUT2D eigenvalue weighted by atomic mass is 10.1. The first kappa shape index (κ1) is 22.9. The Kier molecular flexibility index (Phi) is 6.76. The Bertz CT molecular complexity index is 1090. The van der Waals surface area contributed by atoms with E-state index in [9.17, 15) is 22.4 Å². The van der Waals surface area contributed by atoms with Gasteiger partial charge < -0.3 is 10.6 Å². The number of anilines is 1. The number of benzene rings is 2. The maximum absolute atomic E-state index is 13.7. The van der Waals surface area contributed by atoms with Gasteiger partial charge in [0.2, 0.25) is 10.0 Å². The first-order valence-corrected chi connectivity index (χ1v) is 11.5. The van der Waals surface area contributed by atoms with Crippen molar-refractivity contribution >= 4 is 27.5 Å². The minimum Gasteiger partial charge on any atom is -0.346 e. The highest BCUT2D eigenvalue weighted by Crippen LogP contribution is 2.30. The van der Waals surface area contributed by atoms with Crippen molar-refractivity contribution in [3.63, 3.8) is 0 Å². The number of amides is 2. The molecular weight excluding hydrogens is 421 g/mol. The zero-order valence-electron chi connectivity index (χ0n) is 17.7. The summed E-state index contributed by atoms with van der Waals surface area (Å²) >= 11 is 0. The molecule has 1 atom stereocenters. The third-order valence-electron chi connectivity index (χ3n) is 5.32. The molecule has 2 amide bonds. The minimum atomic E-state index is -3.76. The fraction of sp³-hybridized carbons (Fsp3) is 0.364. The monoisotopic (exact) mass is 447 g/mol. The summed E-state index contributed by atoms with van der Waals surface area (Å²) in [4.78, 5) is 24.5. The third-order valence-corrected chi connectivity index (χ3v) is 7.58. The zero-order chi connectivity index (χ0) is 22.8. The molecule has 0 aromatic heterocycles. The van der Waals surface area contributed by atoms with Gasteiger partial charge in [-0.05, 0) is 56.9 Å². The summed E-state index contributed by atoms with van der Waals surface area (Å²) in [5, 5.41) is 4.69. The molecular formula is C22H26FN3O4S. The molecule has 0 bridgehead atoms. The largest absolute Gasteiger partial charge is 0.346 e. The second-order valence-corrected chi connectivity index (χ2v) is 9.61. The molecule has 2 aromatic carbocycles. The summed E-state index contributed by atoms with van der Waals surface area (Å²) in [6, 6.07) is 8.72. The zero-order valence-corrected chi connectivity index (χ0v) is 18.6. The number of nitrogens with zero attached hydrogens (tertiary/aromatic N) is 1. The minimum absolute atomic E-state index is 0.00723. The van der Waals surface area contributed by atoms with E-state index in [1.165, 1.54) is 28.6 Å². The van der Waals surface area contributed by atoms with Crippen LogP contribution in [0.25, 0.3) is 0 Å². The Labute approximate surface area is 181 Å². The second-order valence-electron chi connectivity index (χ2n) is 7.78. The van der Waals surface area contributed by atoms with Crippen molar-refractivity contribution in [2.75, 3.05) is 18.4 Å². The van der Waals surface area contributed by atoms with Gasteiger partial charge >= 0.3 is 11.8 Å². The molecule has 1 fully saturated rings. The highest BCUT2D eigenvalue weighted by atomic mass is 32.2. The number of aryl methyl sites for hydroxylation is 3.